The average Bonchev–Trinajstić information content (AvgIpc) is 2.69. The summed E-state index contributed by atoms with van der Waals surface area (Å²) in [6.07, 6.45) is 0. The predicted molar refractivity (Wildman–Crippen MR) is 107 cm³/mol. The minimum absolute atomic E-state index is 0.0736. The van der Waals surface area contributed by atoms with Gasteiger partial charge in [0.05, 0.1) is 21.3 Å². The van der Waals surface area contributed by atoms with Crippen molar-refractivity contribution in [2.75, 3.05) is 27.9 Å². The zero-order valence-corrected chi connectivity index (χ0v) is 17.3. The highest BCUT2D eigenvalue weighted by molar-refractivity contribution is 5.71. The van der Waals surface area contributed by atoms with E-state index in [-0.39, 0.29) is 13.2 Å². The number of hydrogen-bond acceptors (Lipinski definition) is 6. The summed E-state index contributed by atoms with van der Waals surface area (Å²) in [5.74, 6) is 2.13. The van der Waals surface area contributed by atoms with E-state index in [4.69, 9.17) is 23.7 Å². The van der Waals surface area contributed by atoms with Crippen LogP contribution in [0.5, 0.6) is 23.0 Å². The highest BCUT2D eigenvalue weighted by Crippen LogP contribution is 2.38. The van der Waals surface area contributed by atoms with E-state index < -0.39 is 5.97 Å². The van der Waals surface area contributed by atoms with Crippen molar-refractivity contribution in [1.82, 2.24) is 0 Å². The topological polar surface area (TPSA) is 63.2 Å². The molecule has 2 aromatic rings. The van der Waals surface area contributed by atoms with E-state index in [2.05, 4.69) is 13.8 Å². The van der Waals surface area contributed by atoms with Gasteiger partial charge >= 0.3 is 5.97 Å². The minimum atomic E-state index is -0.459. The summed E-state index contributed by atoms with van der Waals surface area (Å²) < 4.78 is 26.7. The van der Waals surface area contributed by atoms with Crippen LogP contribution in [0.25, 0.3) is 0 Å². The van der Waals surface area contributed by atoms with E-state index in [0.29, 0.717) is 28.9 Å². The first-order valence-corrected chi connectivity index (χ1v) is 9.07. The van der Waals surface area contributed by atoms with Gasteiger partial charge in [-0.2, -0.15) is 0 Å². The van der Waals surface area contributed by atoms with Gasteiger partial charge in [-0.15, -0.1) is 0 Å². The summed E-state index contributed by atoms with van der Waals surface area (Å²) in [4.78, 5) is 12.0. The number of rotatable bonds is 9. The Labute approximate surface area is 166 Å². The van der Waals surface area contributed by atoms with Crippen LogP contribution in [0.3, 0.4) is 0 Å². The monoisotopic (exact) mass is 388 g/mol. The molecule has 0 aliphatic carbocycles. The zero-order valence-electron chi connectivity index (χ0n) is 17.3. The number of aryl methyl sites for hydroxylation is 1. The molecule has 6 nitrogen and oxygen atoms in total. The molecule has 0 saturated carbocycles. The van der Waals surface area contributed by atoms with Gasteiger partial charge < -0.3 is 23.7 Å². The Balaban J connectivity index is 1.95. The molecular formula is C22H28O6. The Kier molecular flexibility index (Phi) is 7.55. The highest BCUT2D eigenvalue weighted by atomic mass is 16.6. The lowest BCUT2D eigenvalue weighted by atomic mass is 9.98. The summed E-state index contributed by atoms with van der Waals surface area (Å²) in [7, 11) is 4.60. The number of carbonyl (C=O) groups excluding carboxylic acids is 1. The molecule has 2 rings (SSSR count). The lowest BCUT2D eigenvalue weighted by molar-refractivity contribution is -0.147. The van der Waals surface area contributed by atoms with Crippen molar-refractivity contribution >= 4 is 5.97 Å². The third kappa shape index (κ3) is 5.31. The van der Waals surface area contributed by atoms with Gasteiger partial charge in [0.2, 0.25) is 5.75 Å². The van der Waals surface area contributed by atoms with Crippen molar-refractivity contribution in [3.05, 3.63) is 47.0 Å². The molecule has 0 spiro atoms. The molecule has 0 bridgehead atoms. The Hall–Kier alpha value is -2.89. The molecule has 0 atom stereocenters. The molecule has 0 unspecified atom stereocenters. The van der Waals surface area contributed by atoms with Gasteiger partial charge in [-0.25, -0.2) is 4.79 Å². The molecule has 0 radical (unpaired) electrons. The molecular weight excluding hydrogens is 360 g/mol. The molecule has 0 N–H and O–H groups in total. The summed E-state index contributed by atoms with van der Waals surface area (Å²) >= 11 is 0. The van der Waals surface area contributed by atoms with Crippen molar-refractivity contribution in [3.8, 4) is 23.0 Å². The maximum absolute atomic E-state index is 12.0. The Morgan fingerprint density at radius 3 is 2.11 bits per heavy atom. The Bertz CT molecular complexity index is 788. The van der Waals surface area contributed by atoms with Crippen molar-refractivity contribution in [2.24, 2.45) is 0 Å². The van der Waals surface area contributed by atoms with E-state index in [1.54, 1.807) is 12.1 Å². The normalized spacial score (nSPS) is 10.5. The van der Waals surface area contributed by atoms with Gasteiger partial charge in [-0.1, -0.05) is 19.9 Å². The van der Waals surface area contributed by atoms with Crippen LogP contribution >= 0.6 is 0 Å². The SMILES string of the molecule is COc1cc(COC(=O)COc2ccc(C(C)C)c(C)c2)cc(OC)c1OC. The van der Waals surface area contributed by atoms with Crippen LogP contribution in [0.2, 0.25) is 0 Å². The molecule has 152 valence electrons. The lowest BCUT2D eigenvalue weighted by Crippen LogP contribution is -2.15. The van der Waals surface area contributed by atoms with Gasteiger partial charge in [-0.3, -0.25) is 0 Å². The number of ether oxygens (including phenoxy) is 5. The third-order valence-corrected chi connectivity index (χ3v) is 4.34. The Morgan fingerprint density at radius 2 is 1.61 bits per heavy atom. The summed E-state index contributed by atoms with van der Waals surface area (Å²) in [5.41, 5.74) is 3.12. The van der Waals surface area contributed by atoms with Crippen molar-refractivity contribution in [3.63, 3.8) is 0 Å². The molecule has 0 saturated heterocycles. The summed E-state index contributed by atoms with van der Waals surface area (Å²) in [6, 6.07) is 9.31. The molecule has 0 fully saturated rings. The third-order valence-electron chi connectivity index (χ3n) is 4.34. The largest absolute Gasteiger partial charge is 0.493 e. The van der Waals surface area contributed by atoms with Crippen LogP contribution in [0.4, 0.5) is 0 Å². The van der Waals surface area contributed by atoms with Gasteiger partial charge in [0.15, 0.2) is 18.1 Å². The first kappa shape index (κ1) is 21.4. The van der Waals surface area contributed by atoms with Gasteiger partial charge in [0, 0.05) is 0 Å². The van der Waals surface area contributed by atoms with Gasteiger partial charge in [-0.05, 0) is 53.8 Å². The average molecular weight is 388 g/mol. The second kappa shape index (κ2) is 9.88. The second-order valence-electron chi connectivity index (χ2n) is 6.66. The van der Waals surface area contributed by atoms with Crippen LogP contribution in [0.15, 0.2) is 30.3 Å². The molecule has 0 aromatic heterocycles. The van der Waals surface area contributed by atoms with E-state index in [1.807, 2.05) is 25.1 Å². The smallest absolute Gasteiger partial charge is 0.344 e. The molecule has 0 heterocycles. The molecule has 0 amide bonds. The first-order valence-electron chi connectivity index (χ1n) is 9.07. The van der Waals surface area contributed by atoms with Crippen molar-refractivity contribution in [1.29, 1.82) is 0 Å². The summed E-state index contributed by atoms with van der Waals surface area (Å²) in [6.45, 7) is 6.23. The van der Waals surface area contributed by atoms with Crippen LogP contribution in [0.1, 0.15) is 36.5 Å². The van der Waals surface area contributed by atoms with E-state index in [9.17, 15) is 4.79 Å². The second-order valence-corrected chi connectivity index (χ2v) is 6.66. The molecule has 2 aromatic carbocycles. The quantitative estimate of drug-likeness (QED) is 0.598. The highest BCUT2D eigenvalue weighted by Gasteiger charge is 2.14. The number of benzene rings is 2. The lowest BCUT2D eigenvalue weighted by Gasteiger charge is -2.14. The maximum Gasteiger partial charge on any atom is 0.344 e. The first-order chi connectivity index (χ1) is 13.4. The van der Waals surface area contributed by atoms with Crippen LogP contribution in [0, 0.1) is 6.92 Å². The molecule has 0 aliphatic heterocycles. The van der Waals surface area contributed by atoms with Crippen LogP contribution < -0.4 is 18.9 Å². The molecule has 28 heavy (non-hydrogen) atoms. The number of hydrogen-bond donors (Lipinski definition) is 0. The van der Waals surface area contributed by atoms with Crippen LogP contribution in [-0.2, 0) is 16.1 Å². The number of methoxy groups -OCH3 is 3. The van der Waals surface area contributed by atoms with E-state index in [1.165, 1.54) is 26.9 Å². The molecule has 6 heteroatoms. The number of carbonyl (C=O) groups is 1. The fourth-order valence-corrected chi connectivity index (χ4v) is 2.95. The minimum Gasteiger partial charge on any atom is -0.493 e. The fourth-order valence-electron chi connectivity index (χ4n) is 2.95. The standard InChI is InChI=1S/C22H28O6/c1-14(2)18-8-7-17(9-15(18)3)27-13-21(23)28-12-16-10-19(24-4)22(26-6)20(11-16)25-5/h7-11,14H,12-13H2,1-6H3. The number of esters is 1. The zero-order chi connectivity index (χ0) is 20.7. The summed E-state index contributed by atoms with van der Waals surface area (Å²) in [5, 5.41) is 0. The van der Waals surface area contributed by atoms with E-state index >= 15 is 0 Å². The van der Waals surface area contributed by atoms with Crippen molar-refractivity contribution < 1.29 is 28.5 Å². The fraction of sp³-hybridized carbons (Fsp3) is 0.409. The van der Waals surface area contributed by atoms with Crippen molar-refractivity contribution in [2.45, 2.75) is 33.3 Å². The van der Waals surface area contributed by atoms with E-state index in [0.717, 1.165) is 11.1 Å². The molecule has 0 aliphatic rings. The maximum atomic E-state index is 12.0. The van der Waals surface area contributed by atoms with Gasteiger partial charge in [0.1, 0.15) is 12.4 Å². The Morgan fingerprint density at radius 1 is 0.964 bits per heavy atom. The van der Waals surface area contributed by atoms with Gasteiger partial charge in [0.25, 0.3) is 0 Å². The predicted octanol–water partition coefficient (Wildman–Crippen LogP) is 4.27. The van der Waals surface area contributed by atoms with Crippen LogP contribution in [-0.4, -0.2) is 33.9 Å².